The van der Waals surface area contributed by atoms with Gasteiger partial charge in [-0.3, -0.25) is 0 Å². The molecule has 0 aliphatic carbocycles. The van der Waals surface area contributed by atoms with Crippen molar-refractivity contribution in [2.75, 3.05) is 43.9 Å². The third-order valence-electron chi connectivity index (χ3n) is 3.27. The molecule has 0 atom stereocenters. The minimum Gasteiger partial charge on any atom is -0.473 e. The van der Waals surface area contributed by atoms with Gasteiger partial charge in [0, 0.05) is 19.6 Å². The zero-order valence-corrected chi connectivity index (χ0v) is 12.1. The minimum absolute atomic E-state index is 0.0836. The first-order valence-corrected chi connectivity index (χ1v) is 6.93. The summed E-state index contributed by atoms with van der Waals surface area (Å²) in [6.45, 7) is 8.19. The number of nitrogens with zero attached hydrogens (tertiary/aromatic N) is 3. The molecule has 2 N–H and O–H groups in total. The van der Waals surface area contributed by atoms with E-state index in [9.17, 15) is 0 Å². The molecule has 0 amide bonds. The SMILES string of the molecule is CC(C)Oc1nc(N2CCCN(C)CC2)ccc1N. The van der Waals surface area contributed by atoms with E-state index in [-0.39, 0.29) is 6.10 Å². The standard InChI is InChI=1S/C14H24N4O/c1-11(2)19-14-12(15)5-6-13(16-14)18-8-4-7-17(3)9-10-18/h5-6,11H,4,7-10,15H2,1-3H3. The Morgan fingerprint density at radius 1 is 1.21 bits per heavy atom. The Balaban J connectivity index is 2.15. The predicted octanol–water partition coefficient (Wildman–Crippen LogP) is 1.59. The van der Waals surface area contributed by atoms with Crippen LogP contribution in [0.15, 0.2) is 12.1 Å². The predicted molar refractivity (Wildman–Crippen MR) is 78.7 cm³/mol. The lowest BCUT2D eigenvalue weighted by Crippen LogP contribution is -2.29. The first kappa shape index (κ1) is 13.9. The second-order valence-corrected chi connectivity index (χ2v) is 5.37. The highest BCUT2D eigenvalue weighted by Crippen LogP contribution is 2.24. The van der Waals surface area contributed by atoms with E-state index in [0.717, 1.165) is 38.4 Å². The first-order valence-electron chi connectivity index (χ1n) is 6.93. The number of pyridine rings is 1. The van der Waals surface area contributed by atoms with Crippen LogP contribution in [-0.4, -0.2) is 49.2 Å². The third kappa shape index (κ3) is 3.73. The molecule has 2 rings (SSSR count). The lowest BCUT2D eigenvalue weighted by Gasteiger charge is -2.22. The smallest absolute Gasteiger partial charge is 0.239 e. The maximum absolute atomic E-state index is 5.91. The zero-order chi connectivity index (χ0) is 13.8. The molecule has 1 aliphatic rings. The highest BCUT2D eigenvalue weighted by Gasteiger charge is 2.15. The van der Waals surface area contributed by atoms with E-state index in [1.165, 1.54) is 0 Å². The van der Waals surface area contributed by atoms with Crippen LogP contribution in [0.5, 0.6) is 5.88 Å². The molecule has 2 heterocycles. The van der Waals surface area contributed by atoms with E-state index in [2.05, 4.69) is 21.8 Å². The average Bonchev–Trinajstić information content (AvgIpc) is 2.56. The second kappa shape index (κ2) is 6.10. The molecule has 0 bridgehead atoms. The third-order valence-corrected chi connectivity index (χ3v) is 3.27. The van der Waals surface area contributed by atoms with Crippen LogP contribution in [0.3, 0.4) is 0 Å². The lowest BCUT2D eigenvalue weighted by atomic mass is 10.3. The van der Waals surface area contributed by atoms with Gasteiger partial charge in [-0.1, -0.05) is 0 Å². The van der Waals surface area contributed by atoms with E-state index < -0.39 is 0 Å². The van der Waals surface area contributed by atoms with Crippen molar-refractivity contribution < 1.29 is 4.74 Å². The number of aromatic nitrogens is 1. The Bertz CT molecular complexity index is 422. The van der Waals surface area contributed by atoms with E-state index in [4.69, 9.17) is 10.5 Å². The number of nitrogens with two attached hydrogens (primary N) is 1. The summed E-state index contributed by atoms with van der Waals surface area (Å²) in [7, 11) is 2.16. The molecule has 19 heavy (non-hydrogen) atoms. The molecule has 0 radical (unpaired) electrons. The number of rotatable bonds is 3. The summed E-state index contributed by atoms with van der Waals surface area (Å²) in [6.07, 6.45) is 1.24. The van der Waals surface area contributed by atoms with Crippen LogP contribution in [0.1, 0.15) is 20.3 Å². The largest absolute Gasteiger partial charge is 0.473 e. The van der Waals surface area contributed by atoms with Crippen LogP contribution in [0.2, 0.25) is 0 Å². The van der Waals surface area contributed by atoms with Crippen LogP contribution < -0.4 is 15.4 Å². The molecule has 1 aliphatic heterocycles. The number of anilines is 2. The summed E-state index contributed by atoms with van der Waals surface area (Å²) in [4.78, 5) is 9.21. The van der Waals surface area contributed by atoms with Crippen molar-refractivity contribution in [1.82, 2.24) is 9.88 Å². The molecule has 1 aromatic rings. The fourth-order valence-corrected chi connectivity index (χ4v) is 2.21. The van der Waals surface area contributed by atoms with Gasteiger partial charge in [-0.05, 0) is 46.0 Å². The van der Waals surface area contributed by atoms with Gasteiger partial charge >= 0.3 is 0 Å². The van der Waals surface area contributed by atoms with Gasteiger partial charge in [-0.2, -0.15) is 4.98 Å². The molecule has 1 saturated heterocycles. The highest BCUT2D eigenvalue weighted by atomic mass is 16.5. The molecule has 0 saturated carbocycles. The summed E-state index contributed by atoms with van der Waals surface area (Å²) < 4.78 is 5.66. The number of nitrogen functional groups attached to an aromatic ring is 1. The van der Waals surface area contributed by atoms with E-state index in [1.807, 2.05) is 26.0 Å². The molecular weight excluding hydrogens is 240 g/mol. The van der Waals surface area contributed by atoms with Crippen LogP contribution in [-0.2, 0) is 0 Å². The zero-order valence-electron chi connectivity index (χ0n) is 12.1. The Labute approximate surface area is 115 Å². The average molecular weight is 264 g/mol. The summed E-state index contributed by atoms with van der Waals surface area (Å²) in [5.74, 6) is 1.50. The normalized spacial score (nSPS) is 17.6. The van der Waals surface area contributed by atoms with E-state index in [0.29, 0.717) is 11.6 Å². The molecule has 5 nitrogen and oxygen atoms in total. The van der Waals surface area contributed by atoms with Crippen LogP contribution in [0.25, 0.3) is 0 Å². The molecule has 1 aromatic heterocycles. The minimum atomic E-state index is 0.0836. The van der Waals surface area contributed by atoms with Crippen molar-refractivity contribution >= 4 is 11.5 Å². The molecule has 0 spiro atoms. The lowest BCUT2D eigenvalue weighted by molar-refractivity contribution is 0.234. The summed E-state index contributed by atoms with van der Waals surface area (Å²) >= 11 is 0. The molecule has 1 fully saturated rings. The number of hydrogen-bond donors (Lipinski definition) is 1. The van der Waals surface area contributed by atoms with E-state index >= 15 is 0 Å². The van der Waals surface area contributed by atoms with Crippen molar-refractivity contribution in [3.63, 3.8) is 0 Å². The van der Waals surface area contributed by atoms with Crippen molar-refractivity contribution in [3.8, 4) is 5.88 Å². The number of hydrogen-bond acceptors (Lipinski definition) is 5. The Hall–Kier alpha value is -1.49. The van der Waals surface area contributed by atoms with Crippen molar-refractivity contribution in [2.45, 2.75) is 26.4 Å². The quantitative estimate of drug-likeness (QED) is 0.898. The first-order chi connectivity index (χ1) is 9.06. The van der Waals surface area contributed by atoms with Crippen LogP contribution in [0.4, 0.5) is 11.5 Å². The monoisotopic (exact) mass is 264 g/mol. The number of likely N-dealkylation sites (N-methyl/N-ethyl adjacent to an activating group) is 1. The number of ether oxygens (including phenoxy) is 1. The maximum atomic E-state index is 5.91. The second-order valence-electron chi connectivity index (χ2n) is 5.37. The van der Waals surface area contributed by atoms with Crippen molar-refractivity contribution in [2.24, 2.45) is 0 Å². The molecule has 5 heteroatoms. The Kier molecular flexibility index (Phi) is 4.47. The van der Waals surface area contributed by atoms with Crippen LogP contribution >= 0.6 is 0 Å². The fraction of sp³-hybridized carbons (Fsp3) is 0.643. The van der Waals surface area contributed by atoms with Gasteiger partial charge in [0.1, 0.15) is 5.82 Å². The molecule has 0 unspecified atom stereocenters. The van der Waals surface area contributed by atoms with Gasteiger partial charge in [0.25, 0.3) is 0 Å². The highest BCUT2D eigenvalue weighted by molar-refractivity contribution is 5.54. The summed E-state index contributed by atoms with van der Waals surface area (Å²) in [6, 6.07) is 3.86. The van der Waals surface area contributed by atoms with Gasteiger partial charge in [0.15, 0.2) is 0 Å². The van der Waals surface area contributed by atoms with Gasteiger partial charge in [0.05, 0.1) is 11.8 Å². The topological polar surface area (TPSA) is 54.6 Å². The molecule has 106 valence electrons. The van der Waals surface area contributed by atoms with Gasteiger partial charge in [-0.15, -0.1) is 0 Å². The summed E-state index contributed by atoms with van der Waals surface area (Å²) in [5.41, 5.74) is 6.51. The van der Waals surface area contributed by atoms with Crippen molar-refractivity contribution in [3.05, 3.63) is 12.1 Å². The van der Waals surface area contributed by atoms with Crippen molar-refractivity contribution in [1.29, 1.82) is 0 Å². The fourth-order valence-electron chi connectivity index (χ4n) is 2.21. The van der Waals surface area contributed by atoms with Gasteiger partial charge < -0.3 is 20.3 Å². The molecule has 0 aromatic carbocycles. The Morgan fingerprint density at radius 2 is 2.00 bits per heavy atom. The Morgan fingerprint density at radius 3 is 2.74 bits per heavy atom. The maximum Gasteiger partial charge on any atom is 0.239 e. The van der Waals surface area contributed by atoms with Gasteiger partial charge in [0.2, 0.25) is 5.88 Å². The summed E-state index contributed by atoms with van der Waals surface area (Å²) in [5, 5.41) is 0. The molecular formula is C14H24N4O. The van der Waals surface area contributed by atoms with E-state index in [1.54, 1.807) is 0 Å². The van der Waals surface area contributed by atoms with Crippen LogP contribution in [0, 0.1) is 0 Å². The van der Waals surface area contributed by atoms with Gasteiger partial charge in [-0.25, -0.2) is 0 Å².